The zero-order chi connectivity index (χ0) is 20.2. The van der Waals surface area contributed by atoms with E-state index in [1.807, 2.05) is 17.7 Å². The number of ether oxygens (including phenoxy) is 1. The lowest BCUT2D eigenvalue weighted by atomic mass is 10.1. The minimum absolute atomic E-state index is 0.184. The molecule has 0 amide bonds. The molecular weight excluding hydrogens is 372 g/mol. The molecule has 0 saturated heterocycles. The van der Waals surface area contributed by atoms with Gasteiger partial charge in [-0.2, -0.15) is 5.10 Å². The van der Waals surface area contributed by atoms with Crippen molar-refractivity contribution >= 4 is 28.7 Å². The number of hydrogen-bond donors (Lipinski definition) is 1. The molecule has 1 heterocycles. The van der Waals surface area contributed by atoms with E-state index in [2.05, 4.69) is 52.5 Å². The summed E-state index contributed by atoms with van der Waals surface area (Å²) in [5.74, 6) is -0.263. The lowest BCUT2D eigenvalue weighted by Gasteiger charge is -2.21. The molecule has 0 radical (unpaired) electrons. The molecule has 0 spiro atoms. The van der Waals surface area contributed by atoms with Gasteiger partial charge in [0.1, 0.15) is 0 Å². The largest absolute Gasteiger partial charge is 0.466 e. The number of anilines is 1. The molecule has 0 aliphatic heterocycles. The second kappa shape index (κ2) is 12.3. The van der Waals surface area contributed by atoms with Crippen molar-refractivity contribution in [1.29, 1.82) is 0 Å². The van der Waals surface area contributed by atoms with E-state index in [9.17, 15) is 4.79 Å². The SMILES string of the molecule is CCCN(CCC)Cc1ccccc1C=NNc1nc(CC(=O)OCC)cs1. The molecule has 0 aliphatic rings. The smallest absolute Gasteiger partial charge is 0.311 e. The number of thiazole rings is 1. The average molecular weight is 403 g/mol. The number of nitrogens with zero attached hydrogens (tertiary/aromatic N) is 3. The van der Waals surface area contributed by atoms with Gasteiger partial charge in [0, 0.05) is 11.9 Å². The Kier molecular flexibility index (Phi) is 9.65. The maximum atomic E-state index is 11.5. The van der Waals surface area contributed by atoms with E-state index in [4.69, 9.17) is 4.74 Å². The van der Waals surface area contributed by atoms with Crippen LogP contribution in [0.5, 0.6) is 0 Å². The third-order valence-electron chi connectivity index (χ3n) is 4.08. The first kappa shape index (κ1) is 22.0. The Labute approximate surface area is 171 Å². The monoisotopic (exact) mass is 402 g/mol. The highest BCUT2D eigenvalue weighted by Crippen LogP contribution is 2.16. The Morgan fingerprint density at radius 1 is 1.25 bits per heavy atom. The molecule has 2 aromatic rings. The summed E-state index contributed by atoms with van der Waals surface area (Å²) >= 11 is 1.42. The minimum Gasteiger partial charge on any atom is -0.466 e. The lowest BCUT2D eigenvalue weighted by Crippen LogP contribution is -2.25. The number of nitrogens with one attached hydrogen (secondary N) is 1. The molecule has 1 N–H and O–H groups in total. The third-order valence-corrected chi connectivity index (χ3v) is 4.87. The van der Waals surface area contributed by atoms with E-state index in [1.165, 1.54) is 16.9 Å². The predicted octanol–water partition coefficient (Wildman–Crippen LogP) is 4.32. The second-order valence-electron chi connectivity index (χ2n) is 6.47. The van der Waals surface area contributed by atoms with Crippen molar-refractivity contribution in [2.75, 3.05) is 25.1 Å². The van der Waals surface area contributed by atoms with Crippen LogP contribution in [0.2, 0.25) is 0 Å². The van der Waals surface area contributed by atoms with Crippen molar-refractivity contribution < 1.29 is 9.53 Å². The topological polar surface area (TPSA) is 66.8 Å². The van der Waals surface area contributed by atoms with Gasteiger partial charge in [0.05, 0.1) is 24.9 Å². The van der Waals surface area contributed by atoms with Crippen LogP contribution in [-0.4, -0.2) is 41.8 Å². The van der Waals surface area contributed by atoms with Crippen LogP contribution < -0.4 is 5.43 Å². The Morgan fingerprint density at radius 3 is 2.71 bits per heavy atom. The van der Waals surface area contributed by atoms with Gasteiger partial charge in [0.25, 0.3) is 0 Å². The Balaban J connectivity index is 1.97. The highest BCUT2D eigenvalue weighted by Gasteiger charge is 2.09. The number of carbonyl (C=O) groups is 1. The van der Waals surface area contributed by atoms with E-state index >= 15 is 0 Å². The zero-order valence-electron chi connectivity index (χ0n) is 17.0. The number of carbonyl (C=O) groups excluding carboxylic acids is 1. The Hall–Kier alpha value is -2.25. The summed E-state index contributed by atoms with van der Waals surface area (Å²) in [5.41, 5.74) is 6.01. The van der Waals surface area contributed by atoms with Crippen molar-refractivity contribution in [3.8, 4) is 0 Å². The van der Waals surface area contributed by atoms with Crippen LogP contribution in [0.25, 0.3) is 0 Å². The van der Waals surface area contributed by atoms with Crippen molar-refractivity contribution in [2.45, 2.75) is 46.6 Å². The van der Waals surface area contributed by atoms with Crippen molar-refractivity contribution in [2.24, 2.45) is 5.10 Å². The van der Waals surface area contributed by atoms with Gasteiger partial charge in [-0.15, -0.1) is 11.3 Å². The molecule has 1 aromatic heterocycles. The van der Waals surface area contributed by atoms with Crippen molar-refractivity contribution in [1.82, 2.24) is 9.88 Å². The Bertz CT molecular complexity index is 754. The number of aromatic nitrogens is 1. The summed E-state index contributed by atoms with van der Waals surface area (Å²) in [4.78, 5) is 18.4. The van der Waals surface area contributed by atoms with Gasteiger partial charge in [-0.05, 0) is 44.0 Å². The molecule has 7 heteroatoms. The summed E-state index contributed by atoms with van der Waals surface area (Å²) in [6.45, 7) is 9.72. The van der Waals surface area contributed by atoms with Gasteiger partial charge in [-0.1, -0.05) is 38.1 Å². The number of benzene rings is 1. The van der Waals surface area contributed by atoms with Gasteiger partial charge in [-0.25, -0.2) is 4.98 Å². The minimum atomic E-state index is -0.263. The molecule has 0 unspecified atom stereocenters. The fourth-order valence-corrected chi connectivity index (χ4v) is 3.56. The van der Waals surface area contributed by atoms with Gasteiger partial charge in [0.15, 0.2) is 0 Å². The summed E-state index contributed by atoms with van der Waals surface area (Å²) in [5, 5.41) is 6.84. The van der Waals surface area contributed by atoms with Crippen LogP contribution in [0.1, 0.15) is 50.4 Å². The standard InChI is InChI=1S/C21H30N4O2S/c1-4-11-25(12-5-2)15-18-10-8-7-9-17(18)14-22-24-21-23-19(16-28-21)13-20(26)27-6-3/h7-10,14,16H,4-6,11-13,15H2,1-3H3,(H,23,24). The molecule has 6 nitrogen and oxygen atoms in total. The highest BCUT2D eigenvalue weighted by molar-refractivity contribution is 7.13. The first-order valence-electron chi connectivity index (χ1n) is 9.85. The van der Waals surface area contributed by atoms with E-state index < -0.39 is 0 Å². The average Bonchev–Trinajstić information content (AvgIpc) is 3.11. The third kappa shape index (κ3) is 7.40. The number of hydrogen-bond acceptors (Lipinski definition) is 7. The molecule has 28 heavy (non-hydrogen) atoms. The maximum Gasteiger partial charge on any atom is 0.311 e. The fraction of sp³-hybridized carbons (Fsp3) is 0.476. The first-order chi connectivity index (χ1) is 13.7. The van der Waals surface area contributed by atoms with E-state index in [0.29, 0.717) is 17.4 Å². The lowest BCUT2D eigenvalue weighted by molar-refractivity contribution is -0.142. The molecule has 0 saturated carbocycles. The summed E-state index contributed by atoms with van der Waals surface area (Å²) in [6, 6.07) is 8.32. The van der Waals surface area contributed by atoms with E-state index in [-0.39, 0.29) is 12.4 Å². The Morgan fingerprint density at radius 2 is 2.00 bits per heavy atom. The molecule has 1 aromatic carbocycles. The van der Waals surface area contributed by atoms with Crippen LogP contribution in [0, 0.1) is 0 Å². The van der Waals surface area contributed by atoms with Gasteiger partial charge >= 0.3 is 5.97 Å². The maximum absolute atomic E-state index is 11.5. The zero-order valence-corrected chi connectivity index (χ0v) is 17.8. The van der Waals surface area contributed by atoms with Gasteiger partial charge < -0.3 is 4.74 Å². The predicted molar refractivity (Wildman–Crippen MR) is 116 cm³/mol. The van der Waals surface area contributed by atoms with Crippen LogP contribution in [0.4, 0.5) is 5.13 Å². The number of hydrazone groups is 1. The van der Waals surface area contributed by atoms with Crippen LogP contribution in [0.15, 0.2) is 34.7 Å². The van der Waals surface area contributed by atoms with E-state index in [1.54, 1.807) is 6.92 Å². The molecule has 0 atom stereocenters. The van der Waals surface area contributed by atoms with Crippen LogP contribution >= 0.6 is 11.3 Å². The van der Waals surface area contributed by atoms with E-state index in [0.717, 1.165) is 38.0 Å². The summed E-state index contributed by atoms with van der Waals surface area (Å²) < 4.78 is 4.95. The first-order valence-corrected chi connectivity index (χ1v) is 10.7. The van der Waals surface area contributed by atoms with Crippen LogP contribution in [-0.2, 0) is 22.5 Å². The molecule has 2 rings (SSSR count). The summed E-state index contributed by atoms with van der Waals surface area (Å²) in [7, 11) is 0. The van der Waals surface area contributed by atoms with Gasteiger partial charge in [0.2, 0.25) is 5.13 Å². The molecular formula is C21H30N4O2S. The van der Waals surface area contributed by atoms with Gasteiger partial charge in [-0.3, -0.25) is 15.1 Å². The molecule has 0 aliphatic carbocycles. The molecule has 0 bridgehead atoms. The van der Waals surface area contributed by atoms with Crippen LogP contribution in [0.3, 0.4) is 0 Å². The molecule has 0 fully saturated rings. The summed E-state index contributed by atoms with van der Waals surface area (Å²) in [6.07, 6.45) is 4.31. The van der Waals surface area contributed by atoms with Crippen molar-refractivity contribution in [3.63, 3.8) is 0 Å². The normalized spacial score (nSPS) is 11.3. The highest BCUT2D eigenvalue weighted by atomic mass is 32.1. The van der Waals surface area contributed by atoms with Crippen molar-refractivity contribution in [3.05, 3.63) is 46.5 Å². The number of esters is 1. The molecule has 152 valence electrons. The second-order valence-corrected chi connectivity index (χ2v) is 7.33. The fourth-order valence-electron chi connectivity index (χ4n) is 2.90. The number of rotatable bonds is 12. The quantitative estimate of drug-likeness (QED) is 0.325.